The Kier molecular flexibility index (Phi) is 10.6. The fraction of sp³-hybridized carbons (Fsp3) is 0.529. The largest absolute Gasteiger partial charge is 0.459 e. The van der Waals surface area contributed by atoms with Crippen LogP contribution in [0.3, 0.4) is 0 Å². The fourth-order valence-electron chi connectivity index (χ4n) is 1.88. The summed E-state index contributed by atoms with van der Waals surface area (Å²) in [5, 5.41) is 6.17. The fourth-order valence-corrected chi connectivity index (χ4v) is 1.88. The summed E-state index contributed by atoms with van der Waals surface area (Å²) in [5.41, 5.74) is 0.385. The molecule has 0 spiro atoms. The van der Waals surface area contributed by atoms with Gasteiger partial charge in [-0.05, 0) is 51.8 Å². The molecule has 7 heteroatoms. The lowest BCUT2D eigenvalue weighted by atomic mass is 10.1. The molecule has 0 saturated carbocycles. The molecule has 1 aromatic rings. The highest BCUT2D eigenvalue weighted by Crippen LogP contribution is 2.06. The third-order valence-corrected chi connectivity index (χ3v) is 2.73. The van der Waals surface area contributed by atoms with Crippen molar-refractivity contribution >= 4 is 35.9 Å². The second kappa shape index (κ2) is 11.2. The van der Waals surface area contributed by atoms with Crippen molar-refractivity contribution in [3.63, 3.8) is 0 Å². The lowest BCUT2D eigenvalue weighted by molar-refractivity contribution is -0.152. The van der Waals surface area contributed by atoms with Gasteiger partial charge in [0.25, 0.3) is 0 Å². The highest BCUT2D eigenvalue weighted by molar-refractivity contribution is 14.0. The van der Waals surface area contributed by atoms with Crippen LogP contribution < -0.4 is 10.6 Å². The third-order valence-electron chi connectivity index (χ3n) is 2.73. The molecule has 0 aliphatic carbocycles. The number of halogens is 2. The molecule has 5 nitrogen and oxygen atoms in total. The van der Waals surface area contributed by atoms with Crippen LogP contribution in [0.4, 0.5) is 4.39 Å². The Balaban J connectivity index is 0.00000529. The van der Waals surface area contributed by atoms with Gasteiger partial charge in [-0.15, -0.1) is 24.0 Å². The number of hydrogen-bond acceptors (Lipinski definition) is 3. The molecule has 1 rings (SSSR count). The van der Waals surface area contributed by atoms with E-state index < -0.39 is 5.60 Å². The lowest BCUT2D eigenvalue weighted by Crippen LogP contribution is -2.39. The van der Waals surface area contributed by atoms with Crippen LogP contribution in [-0.4, -0.2) is 37.2 Å². The first kappa shape index (κ1) is 22.6. The van der Waals surface area contributed by atoms with Crippen molar-refractivity contribution < 1.29 is 13.9 Å². The molecule has 0 amide bonds. The van der Waals surface area contributed by atoms with E-state index in [1.54, 1.807) is 6.07 Å². The van der Waals surface area contributed by atoms with Gasteiger partial charge in [-0.1, -0.05) is 12.1 Å². The summed E-state index contributed by atoms with van der Waals surface area (Å²) in [4.78, 5) is 15.9. The van der Waals surface area contributed by atoms with Gasteiger partial charge in [-0.2, -0.15) is 0 Å². The van der Waals surface area contributed by atoms with Crippen LogP contribution in [0.5, 0.6) is 0 Å². The summed E-state index contributed by atoms with van der Waals surface area (Å²) in [6, 6.07) is 6.48. The highest BCUT2D eigenvalue weighted by atomic mass is 127. The molecular weight excluding hydrogens is 424 g/mol. The minimum atomic E-state index is -0.518. The first-order chi connectivity index (χ1) is 10.8. The zero-order valence-electron chi connectivity index (χ0n) is 14.7. The summed E-state index contributed by atoms with van der Waals surface area (Å²) in [6.45, 7) is 8.61. The Labute approximate surface area is 160 Å². The Bertz CT molecular complexity index is 545. The number of guanidine groups is 1. The van der Waals surface area contributed by atoms with Crippen molar-refractivity contribution in [3.8, 4) is 0 Å². The minimum Gasteiger partial charge on any atom is -0.459 e. The van der Waals surface area contributed by atoms with Crippen LogP contribution in [-0.2, 0) is 16.0 Å². The van der Waals surface area contributed by atoms with Gasteiger partial charge >= 0.3 is 5.97 Å². The van der Waals surface area contributed by atoms with Crippen molar-refractivity contribution in [2.75, 3.05) is 19.6 Å². The molecule has 0 heterocycles. The smallest absolute Gasteiger partial charge is 0.328 e. The molecule has 0 atom stereocenters. The summed E-state index contributed by atoms with van der Waals surface area (Å²) in [5.74, 6) is -0.0809. The van der Waals surface area contributed by atoms with Crippen LogP contribution in [0.1, 0.15) is 33.3 Å². The normalized spacial score (nSPS) is 11.5. The van der Waals surface area contributed by atoms with Crippen LogP contribution >= 0.6 is 24.0 Å². The monoisotopic (exact) mass is 451 g/mol. The number of nitrogens with zero attached hydrogens (tertiary/aromatic N) is 1. The van der Waals surface area contributed by atoms with Gasteiger partial charge < -0.3 is 15.4 Å². The van der Waals surface area contributed by atoms with Crippen molar-refractivity contribution in [3.05, 3.63) is 35.6 Å². The van der Waals surface area contributed by atoms with E-state index in [-0.39, 0.29) is 42.3 Å². The van der Waals surface area contributed by atoms with Crippen LogP contribution in [0.15, 0.2) is 29.3 Å². The van der Waals surface area contributed by atoms with Gasteiger partial charge in [-0.25, -0.2) is 9.38 Å². The van der Waals surface area contributed by atoms with Crippen molar-refractivity contribution in [2.45, 2.75) is 39.7 Å². The number of nitrogens with one attached hydrogen (secondary N) is 2. The van der Waals surface area contributed by atoms with Crippen LogP contribution in [0.25, 0.3) is 0 Å². The summed E-state index contributed by atoms with van der Waals surface area (Å²) >= 11 is 0. The van der Waals surface area contributed by atoms with E-state index in [1.807, 2.05) is 33.8 Å². The number of ether oxygens (including phenoxy) is 1. The second-order valence-corrected chi connectivity index (χ2v) is 6.09. The van der Waals surface area contributed by atoms with E-state index in [0.29, 0.717) is 25.5 Å². The average molecular weight is 451 g/mol. The van der Waals surface area contributed by atoms with E-state index in [4.69, 9.17) is 4.74 Å². The number of esters is 1. The molecular formula is C17H27FIN3O2. The molecule has 0 radical (unpaired) electrons. The highest BCUT2D eigenvalue weighted by Gasteiger charge is 2.15. The zero-order chi connectivity index (χ0) is 17.3. The molecule has 0 aromatic heterocycles. The van der Waals surface area contributed by atoms with Crippen molar-refractivity contribution in [1.82, 2.24) is 10.6 Å². The first-order valence-electron chi connectivity index (χ1n) is 7.78. The molecule has 0 saturated heterocycles. The van der Waals surface area contributed by atoms with E-state index in [1.165, 1.54) is 12.1 Å². The Morgan fingerprint density at radius 3 is 2.58 bits per heavy atom. The second-order valence-electron chi connectivity index (χ2n) is 6.09. The van der Waals surface area contributed by atoms with Crippen molar-refractivity contribution in [2.24, 2.45) is 4.99 Å². The van der Waals surface area contributed by atoms with Gasteiger partial charge in [0.2, 0.25) is 0 Å². The molecule has 24 heavy (non-hydrogen) atoms. The molecule has 0 aliphatic heterocycles. The van der Waals surface area contributed by atoms with Gasteiger partial charge in [-0.3, -0.25) is 4.79 Å². The summed E-state index contributed by atoms with van der Waals surface area (Å²) in [7, 11) is 0. The van der Waals surface area contributed by atoms with Crippen LogP contribution in [0.2, 0.25) is 0 Å². The summed E-state index contributed by atoms with van der Waals surface area (Å²) < 4.78 is 18.3. The number of benzene rings is 1. The predicted octanol–water partition coefficient (Wildman–Crippen LogP) is 2.88. The maximum Gasteiger partial charge on any atom is 0.328 e. The molecule has 0 fully saturated rings. The summed E-state index contributed by atoms with van der Waals surface area (Å²) in [6.07, 6.45) is 0.661. The Hall–Kier alpha value is -1.38. The number of aliphatic imine (C=N–C) groups is 1. The quantitative estimate of drug-likeness (QED) is 0.302. The molecule has 0 aliphatic rings. The average Bonchev–Trinajstić information content (AvgIpc) is 2.43. The molecule has 1 aromatic carbocycles. The van der Waals surface area contributed by atoms with Gasteiger partial charge in [0.05, 0.1) is 0 Å². The number of carbonyl (C=O) groups excluding carboxylic acids is 1. The van der Waals surface area contributed by atoms with E-state index >= 15 is 0 Å². The molecule has 0 unspecified atom stereocenters. The minimum absolute atomic E-state index is 0. The maximum absolute atomic E-state index is 13.1. The first-order valence-corrected chi connectivity index (χ1v) is 7.78. The van der Waals surface area contributed by atoms with Gasteiger partial charge in [0.1, 0.15) is 18.0 Å². The van der Waals surface area contributed by atoms with Gasteiger partial charge in [0, 0.05) is 13.1 Å². The number of hydrogen-bond donors (Lipinski definition) is 2. The standard InChI is InChI=1S/C17H26FN3O2.HI/c1-5-19-16(21-12-15(22)23-17(2,3)4)20-10-9-13-7-6-8-14(18)11-13;/h6-8,11H,5,9-10,12H2,1-4H3,(H2,19,20,21);1H. The van der Waals surface area contributed by atoms with Crippen molar-refractivity contribution in [1.29, 1.82) is 0 Å². The zero-order valence-corrected chi connectivity index (χ0v) is 17.0. The molecule has 136 valence electrons. The van der Waals surface area contributed by atoms with Crippen LogP contribution in [0, 0.1) is 5.82 Å². The van der Waals surface area contributed by atoms with E-state index in [9.17, 15) is 9.18 Å². The lowest BCUT2D eigenvalue weighted by Gasteiger charge is -2.19. The molecule has 2 N–H and O–H groups in total. The topological polar surface area (TPSA) is 62.7 Å². The van der Waals surface area contributed by atoms with E-state index in [2.05, 4.69) is 15.6 Å². The number of carbonyl (C=O) groups is 1. The Morgan fingerprint density at radius 2 is 2.00 bits per heavy atom. The maximum atomic E-state index is 13.1. The Morgan fingerprint density at radius 1 is 1.29 bits per heavy atom. The number of rotatable bonds is 6. The SMILES string of the molecule is CCNC(=NCC(=O)OC(C)(C)C)NCCc1cccc(F)c1.I. The van der Waals surface area contributed by atoms with E-state index in [0.717, 1.165) is 5.56 Å². The van der Waals surface area contributed by atoms with Gasteiger partial charge in [0.15, 0.2) is 5.96 Å². The molecule has 0 bridgehead atoms. The third kappa shape index (κ3) is 10.4. The predicted molar refractivity (Wildman–Crippen MR) is 105 cm³/mol.